The molecule has 0 bridgehead atoms. The van der Waals surface area contributed by atoms with E-state index in [-0.39, 0.29) is 12.0 Å². The zero-order valence-electron chi connectivity index (χ0n) is 12.4. The molecule has 0 aromatic carbocycles. The van der Waals surface area contributed by atoms with Crippen LogP contribution in [0.15, 0.2) is 17.5 Å². The SMILES string of the molecule is CCC1CCC(C(=O)O)C(N(C)CCc2cccs2)C1. The highest BCUT2D eigenvalue weighted by atomic mass is 32.1. The number of thiophene rings is 1. The summed E-state index contributed by atoms with van der Waals surface area (Å²) < 4.78 is 0. The number of aliphatic carboxylic acids is 1. The summed E-state index contributed by atoms with van der Waals surface area (Å²) in [5.74, 6) is -0.113. The van der Waals surface area contributed by atoms with Gasteiger partial charge in [-0.05, 0) is 50.1 Å². The molecule has 4 heteroatoms. The molecule has 0 amide bonds. The third-order valence-corrected chi connectivity index (χ3v) is 5.61. The Hall–Kier alpha value is -0.870. The number of carbonyl (C=O) groups is 1. The Balaban J connectivity index is 1.95. The molecule has 0 radical (unpaired) electrons. The molecular weight excluding hydrogens is 270 g/mol. The molecule has 0 saturated heterocycles. The maximum Gasteiger partial charge on any atom is 0.308 e. The maximum absolute atomic E-state index is 11.5. The number of hydrogen-bond donors (Lipinski definition) is 1. The first-order valence-electron chi connectivity index (χ1n) is 7.57. The molecule has 1 aliphatic rings. The highest BCUT2D eigenvalue weighted by molar-refractivity contribution is 7.09. The van der Waals surface area contributed by atoms with Crippen LogP contribution >= 0.6 is 11.3 Å². The van der Waals surface area contributed by atoms with Gasteiger partial charge in [0.1, 0.15) is 0 Å². The number of likely N-dealkylation sites (N-methyl/N-ethyl adjacent to an activating group) is 1. The first-order valence-corrected chi connectivity index (χ1v) is 8.45. The lowest BCUT2D eigenvalue weighted by atomic mass is 9.76. The van der Waals surface area contributed by atoms with Crippen molar-refractivity contribution in [3.63, 3.8) is 0 Å². The molecule has 3 unspecified atom stereocenters. The average Bonchev–Trinajstić information content (AvgIpc) is 2.97. The highest BCUT2D eigenvalue weighted by Crippen LogP contribution is 2.34. The van der Waals surface area contributed by atoms with Crippen LogP contribution in [0.1, 0.15) is 37.5 Å². The van der Waals surface area contributed by atoms with Crippen LogP contribution in [0.25, 0.3) is 0 Å². The van der Waals surface area contributed by atoms with Gasteiger partial charge in [0.05, 0.1) is 5.92 Å². The smallest absolute Gasteiger partial charge is 0.308 e. The van der Waals surface area contributed by atoms with Crippen LogP contribution < -0.4 is 0 Å². The molecule has 0 spiro atoms. The van der Waals surface area contributed by atoms with Crippen molar-refractivity contribution in [3.05, 3.63) is 22.4 Å². The molecular formula is C16H25NO2S. The van der Waals surface area contributed by atoms with E-state index in [4.69, 9.17) is 0 Å². The Kier molecular flexibility index (Phi) is 5.61. The van der Waals surface area contributed by atoms with Crippen molar-refractivity contribution < 1.29 is 9.90 Å². The van der Waals surface area contributed by atoms with E-state index in [0.29, 0.717) is 5.92 Å². The van der Waals surface area contributed by atoms with Crippen LogP contribution in [-0.4, -0.2) is 35.6 Å². The molecule has 1 heterocycles. The Morgan fingerprint density at radius 3 is 2.90 bits per heavy atom. The summed E-state index contributed by atoms with van der Waals surface area (Å²) in [5, 5.41) is 11.5. The highest BCUT2D eigenvalue weighted by Gasteiger charge is 2.36. The summed E-state index contributed by atoms with van der Waals surface area (Å²) in [7, 11) is 2.09. The van der Waals surface area contributed by atoms with E-state index in [1.165, 1.54) is 11.3 Å². The molecule has 1 saturated carbocycles. The average molecular weight is 295 g/mol. The van der Waals surface area contributed by atoms with Crippen LogP contribution in [0.3, 0.4) is 0 Å². The fourth-order valence-electron chi connectivity index (χ4n) is 3.28. The van der Waals surface area contributed by atoms with Crippen LogP contribution in [0.4, 0.5) is 0 Å². The van der Waals surface area contributed by atoms with Crippen molar-refractivity contribution in [2.75, 3.05) is 13.6 Å². The summed E-state index contributed by atoms with van der Waals surface area (Å²) in [4.78, 5) is 15.1. The number of nitrogens with zero attached hydrogens (tertiary/aromatic N) is 1. The minimum atomic E-state index is -0.618. The zero-order valence-corrected chi connectivity index (χ0v) is 13.2. The van der Waals surface area contributed by atoms with Gasteiger partial charge in [0.15, 0.2) is 0 Å². The minimum absolute atomic E-state index is 0.189. The molecule has 112 valence electrons. The molecule has 2 rings (SSSR count). The van der Waals surface area contributed by atoms with E-state index in [1.807, 2.05) is 0 Å². The molecule has 1 fully saturated rings. The van der Waals surface area contributed by atoms with E-state index < -0.39 is 5.97 Å². The summed E-state index contributed by atoms with van der Waals surface area (Å²) in [6.07, 6.45) is 5.13. The minimum Gasteiger partial charge on any atom is -0.481 e. The largest absolute Gasteiger partial charge is 0.481 e. The van der Waals surface area contributed by atoms with Crippen LogP contribution in [-0.2, 0) is 11.2 Å². The lowest BCUT2D eigenvalue weighted by molar-refractivity contribution is -0.146. The number of hydrogen-bond acceptors (Lipinski definition) is 3. The standard InChI is InChI=1S/C16H25NO2S/c1-3-12-6-7-14(16(18)19)15(11-12)17(2)9-8-13-5-4-10-20-13/h4-5,10,12,14-15H,3,6-9,11H2,1-2H3,(H,18,19). The molecule has 1 aromatic heterocycles. The van der Waals surface area contributed by atoms with E-state index >= 15 is 0 Å². The maximum atomic E-state index is 11.5. The topological polar surface area (TPSA) is 40.5 Å². The van der Waals surface area contributed by atoms with Gasteiger partial charge in [0.2, 0.25) is 0 Å². The van der Waals surface area contributed by atoms with Gasteiger partial charge in [-0.15, -0.1) is 11.3 Å². The lowest BCUT2D eigenvalue weighted by Crippen LogP contribution is -2.46. The third-order valence-electron chi connectivity index (χ3n) is 4.68. The van der Waals surface area contributed by atoms with Crippen LogP contribution in [0, 0.1) is 11.8 Å². The fourth-order valence-corrected chi connectivity index (χ4v) is 3.98. The predicted molar refractivity (Wildman–Crippen MR) is 83.2 cm³/mol. The Labute approximate surface area is 125 Å². The quantitative estimate of drug-likeness (QED) is 0.873. The first kappa shape index (κ1) is 15.5. The van der Waals surface area contributed by atoms with Gasteiger partial charge in [-0.3, -0.25) is 4.79 Å². The van der Waals surface area contributed by atoms with E-state index in [9.17, 15) is 9.90 Å². The van der Waals surface area contributed by atoms with Crippen molar-refractivity contribution >= 4 is 17.3 Å². The van der Waals surface area contributed by atoms with Gasteiger partial charge < -0.3 is 10.0 Å². The summed E-state index contributed by atoms with van der Waals surface area (Å²) in [6.45, 7) is 3.17. The number of carboxylic acids is 1. The van der Waals surface area contributed by atoms with Gasteiger partial charge in [0, 0.05) is 17.5 Å². The third kappa shape index (κ3) is 3.83. The zero-order chi connectivity index (χ0) is 14.5. The van der Waals surface area contributed by atoms with Crippen molar-refractivity contribution in [2.45, 2.75) is 45.1 Å². The van der Waals surface area contributed by atoms with E-state index in [1.54, 1.807) is 11.3 Å². The van der Waals surface area contributed by atoms with Crippen molar-refractivity contribution in [3.8, 4) is 0 Å². The predicted octanol–water partition coefficient (Wildman–Crippen LogP) is 3.50. The molecule has 3 atom stereocenters. The summed E-state index contributed by atoms with van der Waals surface area (Å²) >= 11 is 1.78. The normalized spacial score (nSPS) is 26.9. The van der Waals surface area contributed by atoms with Crippen molar-refractivity contribution in [2.24, 2.45) is 11.8 Å². The summed E-state index contributed by atoms with van der Waals surface area (Å²) in [6, 6.07) is 4.43. The van der Waals surface area contributed by atoms with Gasteiger partial charge in [0.25, 0.3) is 0 Å². The van der Waals surface area contributed by atoms with Gasteiger partial charge >= 0.3 is 5.97 Å². The Bertz CT molecular complexity index is 418. The van der Waals surface area contributed by atoms with E-state index in [0.717, 1.165) is 32.2 Å². The van der Waals surface area contributed by atoms with Crippen LogP contribution in [0.5, 0.6) is 0 Å². The van der Waals surface area contributed by atoms with Crippen molar-refractivity contribution in [1.29, 1.82) is 0 Å². The molecule has 1 aliphatic carbocycles. The van der Waals surface area contributed by atoms with Crippen LogP contribution in [0.2, 0.25) is 0 Å². The Morgan fingerprint density at radius 2 is 2.30 bits per heavy atom. The lowest BCUT2D eigenvalue weighted by Gasteiger charge is -2.39. The number of carboxylic acid groups (broad SMARTS) is 1. The molecule has 1 N–H and O–H groups in total. The van der Waals surface area contributed by atoms with E-state index in [2.05, 4.69) is 36.4 Å². The fraction of sp³-hybridized carbons (Fsp3) is 0.688. The van der Waals surface area contributed by atoms with Gasteiger partial charge in [-0.1, -0.05) is 19.4 Å². The Morgan fingerprint density at radius 1 is 1.50 bits per heavy atom. The molecule has 1 aromatic rings. The summed E-state index contributed by atoms with van der Waals surface area (Å²) in [5.41, 5.74) is 0. The van der Waals surface area contributed by atoms with Gasteiger partial charge in [-0.2, -0.15) is 0 Å². The molecule has 20 heavy (non-hydrogen) atoms. The number of rotatable bonds is 6. The molecule has 0 aliphatic heterocycles. The second-order valence-electron chi connectivity index (χ2n) is 5.91. The van der Waals surface area contributed by atoms with Gasteiger partial charge in [-0.25, -0.2) is 0 Å². The molecule has 3 nitrogen and oxygen atoms in total. The van der Waals surface area contributed by atoms with Crippen molar-refractivity contribution in [1.82, 2.24) is 4.90 Å². The second-order valence-corrected chi connectivity index (χ2v) is 6.94. The second kappa shape index (κ2) is 7.23. The first-order chi connectivity index (χ1) is 9.61. The monoisotopic (exact) mass is 295 g/mol.